The molecule has 7 heteroatoms. The zero-order chi connectivity index (χ0) is 14.5. The van der Waals surface area contributed by atoms with Crippen molar-refractivity contribution in [3.8, 4) is 5.75 Å². The molecule has 1 heterocycles. The molecular formula is C13H15N3O3S. The van der Waals surface area contributed by atoms with E-state index >= 15 is 0 Å². The van der Waals surface area contributed by atoms with Gasteiger partial charge in [0.1, 0.15) is 10.7 Å². The Kier molecular flexibility index (Phi) is 4.52. The number of benzene rings is 1. The van der Waals surface area contributed by atoms with Gasteiger partial charge >= 0.3 is 0 Å². The summed E-state index contributed by atoms with van der Waals surface area (Å²) in [4.78, 5) is 24.8. The van der Waals surface area contributed by atoms with Crippen LogP contribution in [-0.4, -0.2) is 47.9 Å². The Morgan fingerprint density at radius 2 is 2.20 bits per heavy atom. The Bertz CT molecular complexity index is 547. The summed E-state index contributed by atoms with van der Waals surface area (Å²) >= 11 is 4.92. The average Bonchev–Trinajstić information content (AvgIpc) is 2.45. The van der Waals surface area contributed by atoms with E-state index in [9.17, 15) is 9.59 Å². The molecule has 2 amide bonds. The van der Waals surface area contributed by atoms with E-state index in [1.807, 2.05) is 0 Å². The molecule has 1 aromatic carbocycles. The van der Waals surface area contributed by atoms with Crippen LogP contribution in [0.1, 0.15) is 5.56 Å². The molecule has 1 aromatic rings. The molecule has 106 valence electrons. The molecular weight excluding hydrogens is 278 g/mol. The molecule has 1 fully saturated rings. The lowest BCUT2D eigenvalue weighted by molar-refractivity contribution is -0.139. The maximum Gasteiger partial charge on any atom is 0.261 e. The lowest BCUT2D eigenvalue weighted by atomic mass is 10.2. The highest BCUT2D eigenvalue weighted by atomic mass is 32.1. The normalized spacial score (nSPS) is 14.6. The van der Waals surface area contributed by atoms with Crippen LogP contribution in [-0.2, 0) is 9.59 Å². The third-order valence-electron chi connectivity index (χ3n) is 2.89. The molecule has 0 saturated carbocycles. The Morgan fingerprint density at radius 1 is 1.45 bits per heavy atom. The minimum atomic E-state index is -0.238. The molecule has 20 heavy (non-hydrogen) atoms. The first kappa shape index (κ1) is 14.3. The standard InChI is InChI=1S/C13H15N3O3S/c14-13(20)9-3-1-2-4-10(9)19-8-12(18)16-6-5-15-11(17)7-16/h1-4H,5-8H2,(H2,14,20)(H,15,17). The molecule has 0 unspecified atom stereocenters. The summed E-state index contributed by atoms with van der Waals surface area (Å²) in [6.07, 6.45) is 0. The number of nitrogens with two attached hydrogens (primary N) is 1. The zero-order valence-corrected chi connectivity index (χ0v) is 11.6. The van der Waals surface area contributed by atoms with Gasteiger partial charge in [-0.25, -0.2) is 0 Å². The van der Waals surface area contributed by atoms with Gasteiger partial charge in [-0.2, -0.15) is 0 Å². The Balaban J connectivity index is 1.96. The van der Waals surface area contributed by atoms with E-state index in [1.165, 1.54) is 4.90 Å². The van der Waals surface area contributed by atoms with E-state index < -0.39 is 0 Å². The van der Waals surface area contributed by atoms with Crippen molar-refractivity contribution >= 4 is 29.0 Å². The van der Waals surface area contributed by atoms with Crippen molar-refractivity contribution in [3.05, 3.63) is 29.8 Å². The second-order valence-corrected chi connectivity index (χ2v) is 4.75. The lowest BCUT2D eigenvalue weighted by Crippen LogP contribution is -2.51. The number of carbonyl (C=O) groups is 2. The second kappa shape index (κ2) is 6.33. The van der Waals surface area contributed by atoms with Gasteiger partial charge in [-0.05, 0) is 12.1 Å². The van der Waals surface area contributed by atoms with E-state index in [4.69, 9.17) is 22.7 Å². The van der Waals surface area contributed by atoms with Gasteiger partial charge < -0.3 is 20.7 Å². The largest absolute Gasteiger partial charge is 0.483 e. The smallest absolute Gasteiger partial charge is 0.261 e. The molecule has 0 spiro atoms. The fourth-order valence-electron chi connectivity index (χ4n) is 1.88. The zero-order valence-electron chi connectivity index (χ0n) is 10.8. The summed E-state index contributed by atoms with van der Waals surface area (Å²) < 4.78 is 5.46. The van der Waals surface area contributed by atoms with Gasteiger partial charge in [-0.15, -0.1) is 0 Å². The molecule has 0 atom stereocenters. The predicted octanol–water partition coefficient (Wildman–Crippen LogP) is -0.342. The first-order valence-corrected chi connectivity index (χ1v) is 6.55. The topological polar surface area (TPSA) is 84.7 Å². The summed E-state index contributed by atoms with van der Waals surface area (Å²) in [5.74, 6) is 0.0699. The van der Waals surface area contributed by atoms with Crippen molar-refractivity contribution in [1.82, 2.24) is 10.2 Å². The number of hydrogen-bond acceptors (Lipinski definition) is 4. The van der Waals surface area contributed by atoms with Crippen LogP contribution in [0.2, 0.25) is 0 Å². The number of thiocarbonyl (C=S) groups is 1. The number of carbonyl (C=O) groups excluding carboxylic acids is 2. The highest BCUT2D eigenvalue weighted by Crippen LogP contribution is 2.17. The minimum absolute atomic E-state index is 0.0686. The number of amides is 2. The Labute approximate surface area is 121 Å². The minimum Gasteiger partial charge on any atom is -0.483 e. The lowest BCUT2D eigenvalue weighted by Gasteiger charge is -2.26. The fraction of sp³-hybridized carbons (Fsp3) is 0.308. The Hall–Kier alpha value is -2.15. The summed E-state index contributed by atoms with van der Waals surface area (Å²) in [7, 11) is 0. The van der Waals surface area contributed by atoms with Crippen molar-refractivity contribution in [2.45, 2.75) is 0 Å². The van der Waals surface area contributed by atoms with Crippen LogP contribution in [0.5, 0.6) is 5.75 Å². The van der Waals surface area contributed by atoms with Gasteiger partial charge in [-0.3, -0.25) is 9.59 Å². The van der Waals surface area contributed by atoms with Crippen molar-refractivity contribution in [1.29, 1.82) is 0 Å². The van der Waals surface area contributed by atoms with Crippen molar-refractivity contribution in [2.75, 3.05) is 26.2 Å². The van der Waals surface area contributed by atoms with Crippen LogP contribution >= 0.6 is 12.2 Å². The molecule has 3 N–H and O–H groups in total. The number of nitrogens with one attached hydrogen (secondary N) is 1. The third-order valence-corrected chi connectivity index (χ3v) is 3.11. The number of nitrogens with zero attached hydrogens (tertiary/aromatic N) is 1. The number of hydrogen-bond donors (Lipinski definition) is 2. The van der Waals surface area contributed by atoms with Crippen molar-refractivity contribution < 1.29 is 14.3 Å². The van der Waals surface area contributed by atoms with Gasteiger partial charge in [0.25, 0.3) is 5.91 Å². The maximum absolute atomic E-state index is 12.0. The van der Waals surface area contributed by atoms with Crippen LogP contribution < -0.4 is 15.8 Å². The van der Waals surface area contributed by atoms with Gasteiger partial charge in [0.2, 0.25) is 5.91 Å². The van der Waals surface area contributed by atoms with Crippen LogP contribution in [0.15, 0.2) is 24.3 Å². The van der Waals surface area contributed by atoms with Crippen molar-refractivity contribution in [3.63, 3.8) is 0 Å². The highest BCUT2D eigenvalue weighted by Gasteiger charge is 2.21. The molecule has 0 aliphatic carbocycles. The van der Waals surface area contributed by atoms with Crippen LogP contribution in [0.25, 0.3) is 0 Å². The highest BCUT2D eigenvalue weighted by molar-refractivity contribution is 7.80. The van der Waals surface area contributed by atoms with Gasteiger partial charge in [0, 0.05) is 13.1 Å². The second-order valence-electron chi connectivity index (χ2n) is 4.31. The van der Waals surface area contributed by atoms with Crippen LogP contribution in [0.3, 0.4) is 0 Å². The molecule has 6 nitrogen and oxygen atoms in total. The van der Waals surface area contributed by atoms with Crippen LogP contribution in [0, 0.1) is 0 Å². The molecule has 0 aromatic heterocycles. The van der Waals surface area contributed by atoms with Gasteiger partial charge in [-0.1, -0.05) is 24.4 Å². The van der Waals surface area contributed by atoms with Gasteiger partial charge in [0.15, 0.2) is 6.61 Å². The Morgan fingerprint density at radius 3 is 2.90 bits per heavy atom. The number of ether oxygens (including phenoxy) is 1. The summed E-state index contributed by atoms with van der Waals surface area (Å²) in [6.45, 7) is 0.880. The molecule has 2 rings (SSSR count). The monoisotopic (exact) mass is 293 g/mol. The number of piperazine rings is 1. The molecule has 1 saturated heterocycles. The predicted molar refractivity (Wildman–Crippen MR) is 77.4 cm³/mol. The first-order chi connectivity index (χ1) is 9.58. The summed E-state index contributed by atoms with van der Waals surface area (Å²) in [6, 6.07) is 7.00. The fourth-order valence-corrected chi connectivity index (χ4v) is 2.05. The third kappa shape index (κ3) is 3.45. The summed E-state index contributed by atoms with van der Waals surface area (Å²) in [5.41, 5.74) is 6.17. The quantitative estimate of drug-likeness (QED) is 0.742. The van der Waals surface area contributed by atoms with E-state index in [1.54, 1.807) is 24.3 Å². The van der Waals surface area contributed by atoms with Gasteiger partial charge in [0.05, 0.1) is 12.1 Å². The van der Waals surface area contributed by atoms with E-state index in [0.29, 0.717) is 24.4 Å². The first-order valence-electron chi connectivity index (χ1n) is 6.14. The molecule has 1 aliphatic heterocycles. The molecule has 0 radical (unpaired) electrons. The van der Waals surface area contributed by atoms with E-state index in [2.05, 4.69) is 5.32 Å². The SMILES string of the molecule is NC(=S)c1ccccc1OCC(=O)N1CCNC(=O)C1. The van der Waals surface area contributed by atoms with Crippen molar-refractivity contribution in [2.24, 2.45) is 5.73 Å². The van der Waals surface area contributed by atoms with E-state index in [-0.39, 0.29) is 30.0 Å². The van der Waals surface area contributed by atoms with E-state index in [0.717, 1.165) is 0 Å². The summed E-state index contributed by atoms with van der Waals surface area (Å²) in [5, 5.41) is 2.66. The molecule has 0 bridgehead atoms. The number of rotatable bonds is 4. The maximum atomic E-state index is 12.0. The molecule has 1 aliphatic rings. The number of para-hydroxylation sites is 1. The average molecular weight is 293 g/mol. The van der Waals surface area contributed by atoms with Crippen LogP contribution in [0.4, 0.5) is 0 Å².